The lowest BCUT2D eigenvalue weighted by molar-refractivity contribution is -0.146. The maximum absolute atomic E-state index is 12.9. The first kappa shape index (κ1) is 20.6. The number of hydrogen-bond acceptors (Lipinski definition) is 6. The summed E-state index contributed by atoms with van der Waals surface area (Å²) in [6, 6.07) is 0. The lowest BCUT2D eigenvalue weighted by Gasteiger charge is -2.33. The highest BCUT2D eigenvalue weighted by molar-refractivity contribution is 7.59. The number of alkyl halides is 1. The van der Waals surface area contributed by atoms with Gasteiger partial charge in [0.15, 0.2) is 5.78 Å². The number of hydrogen-bond donors (Lipinski definition) is 0. The summed E-state index contributed by atoms with van der Waals surface area (Å²) >= 11 is 6.38. The molecule has 0 aliphatic carbocycles. The maximum atomic E-state index is 12.9. The van der Waals surface area contributed by atoms with E-state index in [1.54, 1.807) is 27.7 Å². The molecule has 0 radical (unpaired) electrons. The van der Waals surface area contributed by atoms with Crippen LogP contribution in [0.5, 0.6) is 0 Å². The molecule has 2 atom stereocenters. The van der Waals surface area contributed by atoms with Gasteiger partial charge in [0, 0.05) is 19.8 Å². The van der Waals surface area contributed by atoms with Crippen molar-refractivity contribution < 1.29 is 27.9 Å². The molecule has 0 aliphatic rings. The van der Waals surface area contributed by atoms with E-state index in [2.05, 4.69) is 0 Å². The first-order valence-electron chi connectivity index (χ1n) is 6.95. The van der Waals surface area contributed by atoms with Crippen LogP contribution in [0.3, 0.4) is 0 Å². The number of carbonyl (C=O) groups excluding carboxylic acids is 2. The van der Waals surface area contributed by atoms with Gasteiger partial charge in [0.1, 0.15) is 6.10 Å². The molecule has 0 bridgehead atoms. The predicted molar refractivity (Wildman–Crippen MR) is 80.6 cm³/mol. The smallest absolute Gasteiger partial charge is 0.359 e. The van der Waals surface area contributed by atoms with Crippen LogP contribution in [0.1, 0.15) is 47.5 Å². The molecule has 0 aromatic heterocycles. The molecule has 0 aromatic carbocycles. The Morgan fingerprint density at radius 3 is 2.00 bits per heavy atom. The fraction of sp³-hybridized carbons (Fsp3) is 0.846. The van der Waals surface area contributed by atoms with E-state index in [1.165, 1.54) is 6.92 Å². The lowest BCUT2D eigenvalue weighted by Crippen LogP contribution is -2.38. The third-order valence-electron chi connectivity index (χ3n) is 2.71. The van der Waals surface area contributed by atoms with Gasteiger partial charge in [-0.1, -0.05) is 18.5 Å². The Hall–Kier alpha value is -0.420. The number of Topliss-reactive ketones (excluding diaryl/α,β-unsaturated/α-hetero) is 1. The monoisotopic (exact) mass is 342 g/mol. The number of ketones is 1. The third kappa shape index (κ3) is 5.37. The molecule has 0 spiro atoms. The van der Waals surface area contributed by atoms with Crippen LogP contribution in [0.15, 0.2) is 0 Å². The van der Waals surface area contributed by atoms with E-state index >= 15 is 0 Å². The van der Waals surface area contributed by atoms with Crippen LogP contribution >= 0.6 is 19.2 Å². The second-order valence-electron chi connectivity index (χ2n) is 4.49. The molecular weight excluding hydrogens is 319 g/mol. The van der Waals surface area contributed by atoms with E-state index < -0.39 is 30.1 Å². The van der Waals surface area contributed by atoms with E-state index in [9.17, 15) is 14.2 Å². The highest BCUT2D eigenvalue weighted by atomic mass is 35.5. The first-order chi connectivity index (χ1) is 9.66. The summed E-state index contributed by atoms with van der Waals surface area (Å²) in [4.78, 5) is 23.2. The summed E-state index contributed by atoms with van der Waals surface area (Å²) in [7, 11) is -3.89. The lowest BCUT2D eigenvalue weighted by atomic mass is 10.1. The third-order valence-corrected chi connectivity index (χ3v) is 6.19. The average molecular weight is 343 g/mol. The van der Waals surface area contributed by atoms with E-state index in [1.807, 2.05) is 0 Å². The molecule has 8 heteroatoms. The Labute approximate surface area is 131 Å². The number of ether oxygens (including phenoxy) is 1. The number of carbonyl (C=O) groups is 2. The average Bonchev–Trinajstić information content (AvgIpc) is 2.36. The van der Waals surface area contributed by atoms with Gasteiger partial charge in [-0.3, -0.25) is 14.2 Å². The topological polar surface area (TPSA) is 78.9 Å². The van der Waals surface area contributed by atoms with Gasteiger partial charge in [0.25, 0.3) is 0 Å². The van der Waals surface area contributed by atoms with Crippen molar-refractivity contribution in [3.63, 3.8) is 0 Å². The first-order valence-corrected chi connectivity index (χ1v) is 8.87. The number of esters is 1. The van der Waals surface area contributed by atoms with Crippen molar-refractivity contribution in [2.45, 2.75) is 58.2 Å². The van der Waals surface area contributed by atoms with Gasteiger partial charge in [-0.2, -0.15) is 0 Å². The quantitative estimate of drug-likeness (QED) is 0.343. The van der Waals surface area contributed by atoms with Gasteiger partial charge in [0.2, 0.25) is 4.62 Å². The predicted octanol–water partition coefficient (Wildman–Crippen LogP) is 3.51. The summed E-state index contributed by atoms with van der Waals surface area (Å²) in [5.74, 6) is -0.971. The van der Waals surface area contributed by atoms with Gasteiger partial charge < -0.3 is 13.8 Å². The van der Waals surface area contributed by atoms with Crippen molar-refractivity contribution in [1.29, 1.82) is 0 Å². The summed E-state index contributed by atoms with van der Waals surface area (Å²) in [6.45, 7) is 7.87. The van der Waals surface area contributed by atoms with Crippen LogP contribution in [0.25, 0.3) is 0 Å². The SMILES string of the molecule is CCOP(=O)(OCC)C(Cl)(CC(C)OC(C)=O)C(=O)CC. The van der Waals surface area contributed by atoms with Gasteiger partial charge in [0.05, 0.1) is 13.2 Å². The molecule has 0 aromatic rings. The molecule has 0 fully saturated rings. The Morgan fingerprint density at radius 2 is 1.67 bits per heavy atom. The van der Waals surface area contributed by atoms with E-state index in [-0.39, 0.29) is 26.1 Å². The van der Waals surface area contributed by atoms with Gasteiger partial charge in [-0.15, -0.1) is 0 Å². The molecule has 124 valence electrons. The fourth-order valence-electron chi connectivity index (χ4n) is 1.94. The highest BCUT2D eigenvalue weighted by Crippen LogP contribution is 2.64. The van der Waals surface area contributed by atoms with Gasteiger partial charge in [-0.25, -0.2) is 0 Å². The molecule has 21 heavy (non-hydrogen) atoms. The molecule has 0 saturated heterocycles. The van der Waals surface area contributed by atoms with Crippen LogP contribution < -0.4 is 0 Å². The minimum atomic E-state index is -3.89. The molecule has 2 unspecified atom stereocenters. The largest absolute Gasteiger partial charge is 0.463 e. The minimum absolute atomic E-state index is 0.0699. The zero-order valence-corrected chi connectivity index (χ0v) is 14.8. The standard InChI is InChI=1S/C13H24ClO6P/c1-6-12(16)13(14,9-10(4)20-11(5)15)21(17,18-7-2)19-8-3/h10H,6-9H2,1-5H3. The highest BCUT2D eigenvalue weighted by Gasteiger charge is 2.55. The number of halogens is 1. The van der Waals surface area contributed by atoms with Crippen LogP contribution in [0, 0.1) is 0 Å². The molecule has 0 rings (SSSR count). The summed E-state index contributed by atoms with van der Waals surface area (Å²) in [5.41, 5.74) is 0. The van der Waals surface area contributed by atoms with Crippen molar-refractivity contribution in [3.05, 3.63) is 0 Å². The second-order valence-corrected chi connectivity index (χ2v) is 7.68. The van der Waals surface area contributed by atoms with Crippen LogP contribution in [-0.2, 0) is 27.9 Å². The van der Waals surface area contributed by atoms with Crippen LogP contribution in [-0.4, -0.2) is 35.7 Å². The molecule has 0 N–H and O–H groups in total. The Kier molecular flexibility index (Phi) is 8.71. The zero-order valence-electron chi connectivity index (χ0n) is 13.2. The van der Waals surface area contributed by atoms with E-state index in [0.29, 0.717) is 0 Å². The Bertz CT molecular complexity index is 403. The normalized spacial score (nSPS) is 16.1. The molecular formula is C13H24ClO6P. The van der Waals surface area contributed by atoms with Crippen molar-refractivity contribution in [3.8, 4) is 0 Å². The van der Waals surface area contributed by atoms with E-state index in [4.69, 9.17) is 25.4 Å². The fourth-order valence-corrected chi connectivity index (χ4v) is 4.69. The van der Waals surface area contributed by atoms with Crippen LogP contribution in [0.4, 0.5) is 0 Å². The van der Waals surface area contributed by atoms with Gasteiger partial charge >= 0.3 is 13.6 Å². The molecule has 0 amide bonds. The molecule has 0 heterocycles. The summed E-state index contributed by atoms with van der Waals surface area (Å²) < 4.78 is 26.5. The second kappa shape index (κ2) is 8.89. The van der Waals surface area contributed by atoms with Crippen molar-refractivity contribution in [1.82, 2.24) is 0 Å². The maximum Gasteiger partial charge on any atom is 0.359 e. The van der Waals surface area contributed by atoms with E-state index in [0.717, 1.165) is 0 Å². The Morgan fingerprint density at radius 1 is 1.19 bits per heavy atom. The van der Waals surface area contributed by atoms with Gasteiger partial charge in [-0.05, 0) is 20.8 Å². The van der Waals surface area contributed by atoms with Crippen LogP contribution in [0.2, 0.25) is 0 Å². The van der Waals surface area contributed by atoms with Crippen molar-refractivity contribution in [2.24, 2.45) is 0 Å². The zero-order chi connectivity index (χ0) is 16.7. The molecule has 0 saturated carbocycles. The summed E-state index contributed by atoms with van der Waals surface area (Å²) in [5, 5.41) is 0. The summed E-state index contributed by atoms with van der Waals surface area (Å²) in [6.07, 6.45) is -0.761. The van der Waals surface area contributed by atoms with Crippen molar-refractivity contribution >= 4 is 30.9 Å². The number of rotatable bonds is 10. The molecule has 0 aliphatic heterocycles. The minimum Gasteiger partial charge on any atom is -0.463 e. The molecule has 6 nitrogen and oxygen atoms in total. The Balaban J connectivity index is 5.54. The van der Waals surface area contributed by atoms with Crippen molar-refractivity contribution in [2.75, 3.05) is 13.2 Å².